The molecule has 0 aliphatic carbocycles. The van der Waals surface area contributed by atoms with Crippen molar-refractivity contribution < 1.29 is 28.7 Å². The molecule has 0 saturated heterocycles. The summed E-state index contributed by atoms with van der Waals surface area (Å²) in [4.78, 5) is 34.3. The number of benzene rings is 2. The van der Waals surface area contributed by atoms with Crippen molar-refractivity contribution in [1.29, 1.82) is 0 Å². The molecule has 1 N–H and O–H groups in total. The van der Waals surface area contributed by atoms with E-state index in [-0.39, 0.29) is 17.0 Å². The van der Waals surface area contributed by atoms with Crippen LogP contribution < -0.4 is 14.8 Å². The topological polar surface area (TPSA) is 117 Å². The van der Waals surface area contributed by atoms with Crippen molar-refractivity contribution in [3.05, 3.63) is 57.1 Å². The zero-order valence-electron chi connectivity index (χ0n) is 14.4. The highest BCUT2D eigenvalue weighted by molar-refractivity contribution is 6.32. The first-order valence-electron chi connectivity index (χ1n) is 7.48. The van der Waals surface area contributed by atoms with Crippen LogP contribution in [0.1, 0.15) is 10.4 Å². The number of nitrogens with one attached hydrogen (secondary N) is 1. The molecule has 2 rings (SSSR count). The normalized spacial score (nSPS) is 10.0. The molecule has 9 nitrogen and oxygen atoms in total. The third kappa shape index (κ3) is 5.08. The number of rotatable bonds is 7. The smallest absolute Gasteiger partial charge is 0.342 e. The summed E-state index contributed by atoms with van der Waals surface area (Å²) in [7, 11) is 2.76. The second-order valence-corrected chi connectivity index (χ2v) is 5.52. The highest BCUT2D eigenvalue weighted by atomic mass is 35.5. The highest BCUT2D eigenvalue weighted by Crippen LogP contribution is 2.27. The van der Waals surface area contributed by atoms with E-state index in [2.05, 4.69) is 5.32 Å². The molecule has 2 aromatic rings. The Morgan fingerprint density at radius 1 is 1.11 bits per heavy atom. The van der Waals surface area contributed by atoms with Crippen molar-refractivity contribution in [2.45, 2.75) is 0 Å². The minimum Gasteiger partial charge on any atom is -0.496 e. The predicted molar refractivity (Wildman–Crippen MR) is 96.6 cm³/mol. The molecule has 0 aromatic heterocycles. The molecule has 0 aliphatic rings. The summed E-state index contributed by atoms with van der Waals surface area (Å²) in [5.74, 6) is -1.01. The Balaban J connectivity index is 2.02. The van der Waals surface area contributed by atoms with E-state index in [0.29, 0.717) is 16.5 Å². The van der Waals surface area contributed by atoms with Crippen LogP contribution in [0.15, 0.2) is 36.4 Å². The molecule has 0 aliphatic heterocycles. The summed E-state index contributed by atoms with van der Waals surface area (Å²) in [5, 5.41) is 13.6. The zero-order chi connectivity index (χ0) is 20.0. The predicted octanol–water partition coefficient (Wildman–Crippen LogP) is 3.06. The van der Waals surface area contributed by atoms with Gasteiger partial charge in [0.2, 0.25) is 0 Å². The number of ether oxygens (including phenoxy) is 3. The van der Waals surface area contributed by atoms with E-state index in [1.54, 1.807) is 12.1 Å². The molecule has 0 spiro atoms. The number of methoxy groups -OCH3 is 2. The molecule has 0 radical (unpaired) electrons. The third-order valence-electron chi connectivity index (χ3n) is 3.38. The molecule has 0 saturated carbocycles. The standard InChI is InChI=1S/C17H15ClN2O7/c1-25-14-6-4-11(20(23)24)8-12(14)17(22)27-9-16(21)19-10-3-5-15(26-2)13(18)7-10/h3-8H,9H2,1-2H3,(H,19,21). The van der Waals surface area contributed by atoms with Crippen LogP contribution in [0.2, 0.25) is 5.02 Å². The fraction of sp³-hybridized carbons (Fsp3) is 0.176. The van der Waals surface area contributed by atoms with E-state index < -0.39 is 23.4 Å². The number of hydrogen-bond donors (Lipinski definition) is 1. The maximum absolute atomic E-state index is 12.2. The van der Waals surface area contributed by atoms with E-state index in [1.807, 2.05) is 0 Å². The summed E-state index contributed by atoms with van der Waals surface area (Å²) in [6, 6.07) is 8.09. The summed E-state index contributed by atoms with van der Waals surface area (Å²) in [5.41, 5.74) is -0.0816. The molecular weight excluding hydrogens is 380 g/mol. The molecule has 2 aromatic carbocycles. The quantitative estimate of drug-likeness (QED) is 0.435. The SMILES string of the molecule is COc1ccc(NC(=O)COC(=O)c2cc([N+](=O)[O-])ccc2OC)cc1Cl. The second kappa shape index (κ2) is 8.86. The molecule has 0 unspecified atom stereocenters. The second-order valence-electron chi connectivity index (χ2n) is 5.12. The molecule has 0 bridgehead atoms. The Bertz CT molecular complexity index is 886. The fourth-order valence-corrected chi connectivity index (χ4v) is 2.38. The van der Waals surface area contributed by atoms with Crippen molar-refractivity contribution in [3.8, 4) is 11.5 Å². The van der Waals surface area contributed by atoms with Crippen LogP contribution in [0.4, 0.5) is 11.4 Å². The Labute approximate surface area is 158 Å². The number of non-ortho nitro benzene ring substituents is 1. The van der Waals surface area contributed by atoms with Crippen LogP contribution in [-0.4, -0.2) is 37.6 Å². The van der Waals surface area contributed by atoms with Crippen LogP contribution in [0.25, 0.3) is 0 Å². The van der Waals surface area contributed by atoms with Gasteiger partial charge in [0.1, 0.15) is 17.1 Å². The number of carbonyl (C=O) groups is 2. The van der Waals surface area contributed by atoms with E-state index in [4.69, 9.17) is 25.8 Å². The molecule has 10 heteroatoms. The van der Waals surface area contributed by atoms with Crippen molar-refractivity contribution in [2.75, 3.05) is 26.1 Å². The molecular formula is C17H15ClN2O7. The largest absolute Gasteiger partial charge is 0.496 e. The van der Waals surface area contributed by atoms with E-state index >= 15 is 0 Å². The molecule has 0 atom stereocenters. The van der Waals surface area contributed by atoms with Gasteiger partial charge in [0.25, 0.3) is 11.6 Å². The van der Waals surface area contributed by atoms with Gasteiger partial charge in [-0.3, -0.25) is 14.9 Å². The van der Waals surface area contributed by atoms with Gasteiger partial charge in [0.05, 0.1) is 24.2 Å². The first-order valence-corrected chi connectivity index (χ1v) is 7.86. The van der Waals surface area contributed by atoms with E-state index in [1.165, 1.54) is 32.4 Å². The van der Waals surface area contributed by atoms with Gasteiger partial charge >= 0.3 is 5.97 Å². The number of nitrogens with zero attached hydrogens (tertiary/aromatic N) is 1. The van der Waals surface area contributed by atoms with Crippen molar-refractivity contribution in [2.24, 2.45) is 0 Å². The first kappa shape index (κ1) is 20.0. The Morgan fingerprint density at radius 3 is 2.37 bits per heavy atom. The molecule has 0 fully saturated rings. The van der Waals surface area contributed by atoms with Gasteiger partial charge in [-0.15, -0.1) is 0 Å². The van der Waals surface area contributed by atoms with Crippen molar-refractivity contribution in [1.82, 2.24) is 0 Å². The Hall–Kier alpha value is -3.33. The van der Waals surface area contributed by atoms with Crippen LogP contribution in [0.3, 0.4) is 0 Å². The number of anilines is 1. The number of nitro benzene ring substituents is 1. The Morgan fingerprint density at radius 2 is 1.78 bits per heavy atom. The summed E-state index contributed by atoms with van der Waals surface area (Å²) < 4.78 is 14.9. The molecule has 0 heterocycles. The average Bonchev–Trinajstić information content (AvgIpc) is 2.65. The van der Waals surface area contributed by atoms with Gasteiger partial charge in [-0.2, -0.15) is 0 Å². The van der Waals surface area contributed by atoms with E-state index in [9.17, 15) is 19.7 Å². The zero-order valence-corrected chi connectivity index (χ0v) is 15.1. The lowest BCUT2D eigenvalue weighted by Crippen LogP contribution is -2.21. The lowest BCUT2D eigenvalue weighted by molar-refractivity contribution is -0.384. The van der Waals surface area contributed by atoms with Gasteiger partial charge in [0, 0.05) is 17.8 Å². The summed E-state index contributed by atoms with van der Waals surface area (Å²) in [6.07, 6.45) is 0. The van der Waals surface area contributed by atoms with Gasteiger partial charge in [-0.1, -0.05) is 11.6 Å². The van der Waals surface area contributed by atoms with Gasteiger partial charge in [-0.25, -0.2) is 4.79 Å². The number of nitro groups is 1. The Kier molecular flexibility index (Phi) is 6.56. The molecule has 27 heavy (non-hydrogen) atoms. The molecule has 1 amide bonds. The summed E-state index contributed by atoms with van der Waals surface area (Å²) >= 11 is 5.96. The number of esters is 1. The number of hydrogen-bond acceptors (Lipinski definition) is 7. The first-order chi connectivity index (χ1) is 12.8. The summed E-state index contributed by atoms with van der Waals surface area (Å²) in [6.45, 7) is -0.603. The van der Waals surface area contributed by atoms with Gasteiger partial charge < -0.3 is 19.5 Å². The number of halogens is 1. The minimum absolute atomic E-state index is 0.0907. The highest BCUT2D eigenvalue weighted by Gasteiger charge is 2.19. The third-order valence-corrected chi connectivity index (χ3v) is 3.68. The maximum Gasteiger partial charge on any atom is 0.342 e. The van der Waals surface area contributed by atoms with Crippen LogP contribution >= 0.6 is 11.6 Å². The minimum atomic E-state index is -0.932. The lowest BCUT2D eigenvalue weighted by Gasteiger charge is -2.10. The monoisotopic (exact) mass is 394 g/mol. The number of amides is 1. The lowest BCUT2D eigenvalue weighted by atomic mass is 10.2. The van der Waals surface area contributed by atoms with Crippen LogP contribution in [-0.2, 0) is 9.53 Å². The molecule has 142 valence electrons. The fourth-order valence-electron chi connectivity index (χ4n) is 2.12. The van der Waals surface area contributed by atoms with Crippen molar-refractivity contribution >= 4 is 34.9 Å². The van der Waals surface area contributed by atoms with Gasteiger partial charge in [0.15, 0.2) is 6.61 Å². The van der Waals surface area contributed by atoms with Crippen LogP contribution in [0, 0.1) is 10.1 Å². The number of carbonyl (C=O) groups excluding carboxylic acids is 2. The van der Waals surface area contributed by atoms with E-state index in [0.717, 1.165) is 6.07 Å². The maximum atomic E-state index is 12.2. The van der Waals surface area contributed by atoms with Gasteiger partial charge in [-0.05, 0) is 24.3 Å². The van der Waals surface area contributed by atoms with Crippen LogP contribution in [0.5, 0.6) is 11.5 Å². The van der Waals surface area contributed by atoms with Crippen molar-refractivity contribution in [3.63, 3.8) is 0 Å². The average molecular weight is 395 g/mol.